The van der Waals surface area contributed by atoms with E-state index in [0.717, 1.165) is 61.4 Å². The van der Waals surface area contributed by atoms with E-state index >= 15 is 0 Å². The van der Waals surface area contributed by atoms with Crippen LogP contribution in [0.3, 0.4) is 0 Å². The van der Waals surface area contributed by atoms with Crippen molar-refractivity contribution >= 4 is 22.6 Å². The Labute approximate surface area is 180 Å². The van der Waals surface area contributed by atoms with Gasteiger partial charge in [0.15, 0.2) is 0 Å². The maximum Gasteiger partial charge on any atom is 0.226 e. The van der Waals surface area contributed by atoms with Gasteiger partial charge in [0.1, 0.15) is 17.4 Å². The van der Waals surface area contributed by atoms with E-state index in [1.54, 1.807) is 11.0 Å². The Hall–Kier alpha value is -3.40. The first-order valence-corrected chi connectivity index (χ1v) is 10.4. The highest BCUT2D eigenvalue weighted by atomic mass is 16.6. The van der Waals surface area contributed by atoms with Crippen molar-refractivity contribution in [3.63, 3.8) is 0 Å². The molecule has 31 heavy (non-hydrogen) atoms. The number of aromatic nitrogens is 6. The fourth-order valence-electron chi connectivity index (χ4n) is 3.56. The van der Waals surface area contributed by atoms with E-state index in [1.165, 1.54) is 5.56 Å². The van der Waals surface area contributed by atoms with Gasteiger partial charge in [-0.25, -0.2) is 9.31 Å². The van der Waals surface area contributed by atoms with Crippen LogP contribution < -0.4 is 0 Å². The molecule has 0 atom stereocenters. The van der Waals surface area contributed by atoms with E-state index in [9.17, 15) is 4.79 Å². The smallest absolute Gasteiger partial charge is 0.226 e. The van der Waals surface area contributed by atoms with Crippen LogP contribution in [0.25, 0.3) is 16.7 Å². The van der Waals surface area contributed by atoms with E-state index in [1.807, 2.05) is 43.0 Å². The highest BCUT2D eigenvalue weighted by molar-refractivity contribution is 5.79. The second kappa shape index (κ2) is 9.61. The summed E-state index contributed by atoms with van der Waals surface area (Å²) in [4.78, 5) is 17.0. The molecule has 1 saturated heterocycles. The summed E-state index contributed by atoms with van der Waals surface area (Å²) >= 11 is 0. The third kappa shape index (κ3) is 5.40. The van der Waals surface area contributed by atoms with Gasteiger partial charge in [-0.2, -0.15) is 0 Å². The van der Waals surface area contributed by atoms with Gasteiger partial charge in [0, 0.05) is 44.8 Å². The number of carbonyl (C=O) groups excluding carboxylic acids is 1. The Morgan fingerprint density at radius 1 is 1.10 bits per heavy atom. The van der Waals surface area contributed by atoms with Crippen molar-refractivity contribution in [3.8, 4) is 0 Å². The molecule has 1 amide bonds. The zero-order chi connectivity index (χ0) is 21.6. The largest absolute Gasteiger partial charge is 0.340 e. The number of amides is 1. The molecule has 0 saturated carbocycles. The number of fused-ring (bicyclic) bond motifs is 1. The second-order valence-corrected chi connectivity index (χ2v) is 7.81. The van der Waals surface area contributed by atoms with Crippen LogP contribution in [-0.2, 0) is 11.2 Å². The first-order chi connectivity index (χ1) is 15.1. The normalized spacial score (nSPS) is 16.3. The van der Waals surface area contributed by atoms with Crippen LogP contribution in [0.4, 0.5) is 0 Å². The number of allylic oxidation sites excluding steroid dienone is 3. The minimum absolute atomic E-state index is 0.172. The van der Waals surface area contributed by atoms with Gasteiger partial charge in [0.05, 0.1) is 0 Å². The molecule has 1 aliphatic heterocycles. The maximum atomic E-state index is 12.7. The van der Waals surface area contributed by atoms with Gasteiger partial charge >= 0.3 is 0 Å². The lowest BCUT2D eigenvalue weighted by molar-refractivity contribution is -0.132. The zero-order valence-electron chi connectivity index (χ0n) is 17.8. The molecule has 10 nitrogen and oxygen atoms in total. The molecule has 0 aliphatic carbocycles. The van der Waals surface area contributed by atoms with Crippen molar-refractivity contribution < 1.29 is 9.42 Å². The molecule has 0 bridgehead atoms. The first-order valence-electron chi connectivity index (χ1n) is 10.4. The summed E-state index contributed by atoms with van der Waals surface area (Å²) < 4.78 is 6.34. The summed E-state index contributed by atoms with van der Waals surface area (Å²) in [5, 5.41) is 18.8. The van der Waals surface area contributed by atoms with Crippen molar-refractivity contribution in [2.45, 2.75) is 26.7 Å². The summed E-state index contributed by atoms with van der Waals surface area (Å²) in [6.07, 6.45) is 6.77. The van der Waals surface area contributed by atoms with E-state index in [0.29, 0.717) is 6.42 Å². The van der Waals surface area contributed by atoms with Crippen LogP contribution in [0.1, 0.15) is 25.8 Å². The fourth-order valence-corrected chi connectivity index (χ4v) is 3.56. The molecule has 1 aliphatic rings. The molecular weight excluding hydrogens is 396 g/mol. The van der Waals surface area contributed by atoms with E-state index in [-0.39, 0.29) is 5.91 Å². The number of benzene rings is 1. The Morgan fingerprint density at radius 3 is 2.68 bits per heavy atom. The van der Waals surface area contributed by atoms with Gasteiger partial charge < -0.3 is 4.90 Å². The van der Waals surface area contributed by atoms with E-state index in [4.69, 9.17) is 4.63 Å². The predicted octanol–water partition coefficient (Wildman–Crippen LogP) is 1.79. The minimum Gasteiger partial charge on any atom is -0.340 e. The van der Waals surface area contributed by atoms with E-state index < -0.39 is 0 Å². The third-order valence-electron chi connectivity index (χ3n) is 5.51. The first kappa shape index (κ1) is 20.9. The van der Waals surface area contributed by atoms with Gasteiger partial charge in [-0.3, -0.25) is 9.69 Å². The van der Waals surface area contributed by atoms with Crippen molar-refractivity contribution in [2.24, 2.45) is 0 Å². The summed E-state index contributed by atoms with van der Waals surface area (Å²) in [5.74, 6) is 0.172. The molecule has 3 aromatic rings. The minimum atomic E-state index is 0.172. The highest BCUT2D eigenvalue weighted by Gasteiger charge is 2.20. The van der Waals surface area contributed by atoms with Crippen LogP contribution >= 0.6 is 0 Å². The Kier molecular flexibility index (Phi) is 6.46. The molecule has 162 valence electrons. The number of carbonyl (C=O) groups is 1. The molecule has 3 heterocycles. The molecule has 10 heteroatoms. The number of nitrogens with zero attached hydrogens (tertiary/aromatic N) is 8. The third-order valence-corrected chi connectivity index (χ3v) is 5.51. The molecule has 1 fully saturated rings. The zero-order valence-corrected chi connectivity index (χ0v) is 17.8. The topological polar surface area (TPSA) is 106 Å². The van der Waals surface area contributed by atoms with Crippen LogP contribution in [0.5, 0.6) is 0 Å². The number of rotatable bonds is 7. The van der Waals surface area contributed by atoms with Crippen molar-refractivity contribution in [2.75, 3.05) is 32.7 Å². The Morgan fingerprint density at radius 2 is 1.90 bits per heavy atom. The molecular formula is C21H26N8O2. The average molecular weight is 422 g/mol. The van der Waals surface area contributed by atoms with Crippen LogP contribution in [0.2, 0.25) is 0 Å². The summed E-state index contributed by atoms with van der Waals surface area (Å²) in [6.45, 7) is 8.15. The number of hydrogen-bond donors (Lipinski definition) is 0. The number of piperazine rings is 1. The highest BCUT2D eigenvalue weighted by Crippen LogP contribution is 2.14. The van der Waals surface area contributed by atoms with Gasteiger partial charge in [0.25, 0.3) is 0 Å². The average Bonchev–Trinajstić information content (AvgIpc) is 3.48. The molecule has 0 N–H and O–H groups in total. The molecule has 0 unspecified atom stereocenters. The summed E-state index contributed by atoms with van der Waals surface area (Å²) in [7, 11) is 0. The number of hydrogen-bond acceptors (Lipinski definition) is 8. The van der Waals surface area contributed by atoms with Gasteiger partial charge in [0.2, 0.25) is 5.91 Å². The van der Waals surface area contributed by atoms with Crippen LogP contribution in [0, 0.1) is 0 Å². The quantitative estimate of drug-likeness (QED) is 0.531. The lowest BCUT2D eigenvalue weighted by Gasteiger charge is -2.35. The predicted molar refractivity (Wildman–Crippen MR) is 115 cm³/mol. The summed E-state index contributed by atoms with van der Waals surface area (Å²) in [5.41, 5.74) is 4.69. The van der Waals surface area contributed by atoms with Crippen molar-refractivity contribution in [3.05, 3.63) is 47.8 Å². The van der Waals surface area contributed by atoms with Gasteiger partial charge in [-0.05, 0) is 64.8 Å². The van der Waals surface area contributed by atoms with Gasteiger partial charge in [-0.1, -0.05) is 17.7 Å². The molecule has 0 spiro atoms. The molecule has 0 radical (unpaired) electrons. The second-order valence-electron chi connectivity index (χ2n) is 7.81. The standard InChI is InChI=1S/C21H26N8O2/c1-16(3-4-17(2)29-15-22-25-26-29)13-21(30)28-11-9-27(10-12-28)8-7-18-5-6-19-20(14-18)24-31-23-19/h3-6,14-15H,7-13H2,1-2H3. The van der Waals surface area contributed by atoms with Crippen LogP contribution in [0.15, 0.2) is 46.9 Å². The van der Waals surface area contributed by atoms with E-state index in [2.05, 4.69) is 36.8 Å². The number of tetrazole rings is 1. The monoisotopic (exact) mass is 422 g/mol. The fraction of sp³-hybridized carbons (Fsp3) is 0.429. The Bertz CT molecular complexity index is 1080. The lowest BCUT2D eigenvalue weighted by Crippen LogP contribution is -2.49. The molecule has 1 aromatic carbocycles. The Balaban J connectivity index is 1.22. The molecule has 4 rings (SSSR count). The van der Waals surface area contributed by atoms with Crippen LogP contribution in [-0.4, -0.2) is 79.0 Å². The van der Waals surface area contributed by atoms with Crippen molar-refractivity contribution in [1.29, 1.82) is 0 Å². The lowest BCUT2D eigenvalue weighted by atomic mass is 10.1. The maximum absolute atomic E-state index is 12.7. The van der Waals surface area contributed by atoms with Crippen molar-refractivity contribution in [1.82, 2.24) is 40.3 Å². The SMILES string of the molecule is CC(=CC=C(C)n1cnnn1)CC(=O)N1CCN(CCc2ccc3nonc3c2)CC1. The van der Waals surface area contributed by atoms with Gasteiger partial charge in [-0.15, -0.1) is 5.10 Å². The summed E-state index contributed by atoms with van der Waals surface area (Å²) in [6, 6.07) is 6.03. The molecule has 2 aromatic heterocycles.